The Hall–Kier alpha value is -2.28. The van der Waals surface area contributed by atoms with Crippen molar-refractivity contribution in [2.24, 2.45) is 0 Å². The zero-order valence-corrected chi connectivity index (χ0v) is 11.8. The fraction of sp³-hybridized carbons (Fsp3) is 0.154. The van der Waals surface area contributed by atoms with Crippen LogP contribution < -0.4 is 10.5 Å². The molecule has 0 saturated heterocycles. The van der Waals surface area contributed by atoms with Gasteiger partial charge < -0.3 is 4.74 Å². The minimum absolute atomic E-state index is 0.106. The lowest BCUT2D eigenvalue weighted by atomic mass is 10.1. The van der Waals surface area contributed by atoms with E-state index in [9.17, 15) is 9.59 Å². The number of hydrogen-bond donors (Lipinski definition) is 1. The molecule has 0 saturated carbocycles. The summed E-state index contributed by atoms with van der Waals surface area (Å²) in [4.78, 5) is 24.0. The topological polar surface area (TPSA) is 74.3 Å². The first kappa shape index (κ1) is 14.1. The lowest BCUT2D eigenvalue weighted by Crippen LogP contribution is -2.18. The van der Waals surface area contributed by atoms with E-state index >= 15 is 0 Å². The molecule has 0 aliphatic carbocycles. The molecule has 0 N–H and O–H groups in total. The number of carbonyl (C=O) groups is 1. The lowest BCUT2D eigenvalue weighted by Gasteiger charge is -2.04. The predicted octanol–water partition coefficient (Wildman–Crippen LogP) is 1.82. The molecule has 0 atom stereocenters. The molecule has 0 unspecified atom stereocenters. The molecule has 0 aliphatic rings. The van der Waals surface area contributed by atoms with E-state index in [1.54, 1.807) is 31.2 Å². The minimum atomic E-state index is -0.737. The van der Waals surface area contributed by atoms with Gasteiger partial charge >= 0.3 is 5.76 Å². The van der Waals surface area contributed by atoms with E-state index in [4.69, 9.17) is 4.74 Å². The van der Waals surface area contributed by atoms with Crippen molar-refractivity contribution < 1.29 is 14.1 Å². The van der Waals surface area contributed by atoms with E-state index in [0.29, 0.717) is 17.0 Å². The van der Waals surface area contributed by atoms with Gasteiger partial charge in [-0.2, -0.15) is 0 Å². The summed E-state index contributed by atoms with van der Waals surface area (Å²) in [6, 6.07) is 6.56. The second kappa shape index (κ2) is 5.79. The van der Waals surface area contributed by atoms with E-state index in [-0.39, 0.29) is 5.82 Å². The third kappa shape index (κ3) is 2.53. The van der Waals surface area contributed by atoms with Crippen LogP contribution in [0.5, 0.6) is 5.75 Å². The molecule has 1 heterocycles. The zero-order valence-electron chi connectivity index (χ0n) is 10.9. The summed E-state index contributed by atoms with van der Waals surface area (Å²) >= 11 is 3.96. The molecule has 1 aromatic heterocycles. The number of benzene rings is 1. The van der Waals surface area contributed by atoms with Crippen molar-refractivity contribution in [2.75, 3.05) is 7.11 Å². The Labute approximate surface area is 120 Å². The molecule has 104 valence electrons. The summed E-state index contributed by atoms with van der Waals surface area (Å²) in [6.07, 6.45) is 0. The number of thiol groups is 1. The first-order chi connectivity index (χ1) is 9.58. The first-order valence-corrected chi connectivity index (χ1v) is 6.19. The molecule has 0 amide bonds. The number of hydrogen-bond acceptors (Lipinski definition) is 6. The van der Waals surface area contributed by atoms with Gasteiger partial charge in [-0.1, -0.05) is 17.3 Å². The van der Waals surface area contributed by atoms with E-state index in [0.717, 1.165) is 4.57 Å². The molecule has 7 heteroatoms. The van der Waals surface area contributed by atoms with Crippen LogP contribution in [0.15, 0.2) is 39.0 Å². The monoisotopic (exact) mass is 292 g/mol. The van der Waals surface area contributed by atoms with Gasteiger partial charge in [0.25, 0.3) is 0 Å². The van der Waals surface area contributed by atoms with Crippen molar-refractivity contribution >= 4 is 24.1 Å². The molecule has 2 rings (SSSR count). The van der Waals surface area contributed by atoms with E-state index in [1.807, 2.05) is 0 Å². The number of ketones is 1. The third-order valence-electron chi connectivity index (χ3n) is 2.68. The second-order valence-corrected chi connectivity index (χ2v) is 4.20. The maximum atomic E-state index is 12.4. The Kier molecular flexibility index (Phi) is 4.09. The van der Waals surface area contributed by atoms with Crippen LogP contribution in [0.1, 0.15) is 23.1 Å². The summed E-state index contributed by atoms with van der Waals surface area (Å²) in [5, 5.41) is 4.92. The van der Waals surface area contributed by atoms with Crippen LogP contribution in [-0.2, 0) is 0 Å². The fourth-order valence-corrected chi connectivity index (χ4v) is 1.77. The summed E-state index contributed by atoms with van der Waals surface area (Å²) in [7, 11) is 1.50. The van der Waals surface area contributed by atoms with Crippen LogP contribution in [0.25, 0.3) is 5.70 Å². The number of rotatable bonds is 4. The normalized spacial score (nSPS) is 11.4. The molecule has 0 aliphatic heterocycles. The summed E-state index contributed by atoms with van der Waals surface area (Å²) in [6.45, 7) is 1.62. The molecule has 20 heavy (non-hydrogen) atoms. The van der Waals surface area contributed by atoms with Gasteiger partial charge in [0, 0.05) is 11.3 Å². The van der Waals surface area contributed by atoms with Crippen molar-refractivity contribution in [2.45, 2.75) is 6.92 Å². The van der Waals surface area contributed by atoms with Gasteiger partial charge in [0.2, 0.25) is 11.6 Å². The van der Waals surface area contributed by atoms with Gasteiger partial charge in [0.1, 0.15) is 5.75 Å². The van der Waals surface area contributed by atoms with Gasteiger partial charge in [-0.25, -0.2) is 9.36 Å². The predicted molar refractivity (Wildman–Crippen MR) is 76.1 cm³/mol. The van der Waals surface area contributed by atoms with E-state index in [2.05, 4.69) is 22.3 Å². The second-order valence-electron chi connectivity index (χ2n) is 3.94. The molecular weight excluding hydrogens is 280 g/mol. The molecule has 6 nitrogen and oxygen atoms in total. The van der Waals surface area contributed by atoms with Crippen molar-refractivity contribution in [1.29, 1.82) is 0 Å². The number of aromatic nitrogens is 2. The zero-order chi connectivity index (χ0) is 14.7. The van der Waals surface area contributed by atoms with Gasteiger partial charge in [0.15, 0.2) is 0 Å². The largest absolute Gasteiger partial charge is 0.497 e. The highest BCUT2D eigenvalue weighted by molar-refractivity contribution is 7.83. The van der Waals surface area contributed by atoms with E-state index in [1.165, 1.54) is 12.5 Å². The molecular formula is C13H12N2O4S. The van der Waals surface area contributed by atoms with Crippen molar-refractivity contribution in [3.8, 4) is 5.75 Å². The van der Waals surface area contributed by atoms with Crippen LogP contribution in [0, 0.1) is 0 Å². The van der Waals surface area contributed by atoms with Crippen LogP contribution in [0.3, 0.4) is 0 Å². The Morgan fingerprint density at radius 2 is 2.25 bits per heavy atom. The van der Waals surface area contributed by atoms with Crippen LogP contribution in [0.2, 0.25) is 0 Å². The van der Waals surface area contributed by atoms with E-state index < -0.39 is 11.5 Å². The van der Waals surface area contributed by atoms with Gasteiger partial charge in [-0.05, 0) is 24.5 Å². The summed E-state index contributed by atoms with van der Waals surface area (Å²) in [5.74, 6) is -0.746. The number of carbonyl (C=O) groups excluding carboxylic acids is 1. The summed E-state index contributed by atoms with van der Waals surface area (Å²) < 4.78 is 10.7. The average molecular weight is 292 g/mol. The van der Waals surface area contributed by atoms with Crippen LogP contribution in [0.4, 0.5) is 0 Å². The molecule has 0 fully saturated rings. The molecule has 0 radical (unpaired) electrons. The van der Waals surface area contributed by atoms with Gasteiger partial charge in [-0.3, -0.25) is 9.32 Å². The highest BCUT2D eigenvalue weighted by Gasteiger charge is 2.21. The third-order valence-corrected chi connectivity index (χ3v) is 3.05. The van der Waals surface area contributed by atoms with Crippen LogP contribution in [-0.4, -0.2) is 22.6 Å². The minimum Gasteiger partial charge on any atom is -0.497 e. The van der Waals surface area contributed by atoms with Crippen molar-refractivity contribution in [3.63, 3.8) is 0 Å². The van der Waals surface area contributed by atoms with Gasteiger partial charge in [0.05, 0.1) is 7.11 Å². The van der Waals surface area contributed by atoms with Crippen LogP contribution >= 0.6 is 12.6 Å². The Balaban J connectivity index is 2.51. The van der Waals surface area contributed by atoms with Gasteiger partial charge in [-0.15, -0.1) is 12.6 Å². The number of methoxy groups -OCH3 is 1. The van der Waals surface area contributed by atoms with Crippen molar-refractivity contribution in [1.82, 2.24) is 9.72 Å². The Morgan fingerprint density at radius 3 is 2.90 bits per heavy atom. The average Bonchev–Trinajstić information content (AvgIpc) is 2.87. The SMILES string of the molecule is COc1cccc(C(=O)c2noc(=O)n2/C(C)=C\S)c1. The number of nitrogens with zero attached hydrogens (tertiary/aromatic N) is 2. The number of ether oxygens (including phenoxy) is 1. The Morgan fingerprint density at radius 1 is 1.50 bits per heavy atom. The molecule has 0 spiro atoms. The smallest absolute Gasteiger partial charge is 0.446 e. The maximum absolute atomic E-state index is 12.4. The lowest BCUT2D eigenvalue weighted by molar-refractivity contribution is 0.102. The maximum Gasteiger partial charge on any atom is 0.446 e. The van der Waals surface area contributed by atoms with Crippen molar-refractivity contribution in [3.05, 3.63) is 51.6 Å². The molecule has 2 aromatic rings. The standard InChI is InChI=1S/C13H12N2O4S/c1-8(7-20)15-12(14-19-13(15)17)11(16)9-4-3-5-10(6-9)18-2/h3-7,20H,1-2H3/b8-7-. The summed E-state index contributed by atoms with van der Waals surface area (Å²) in [5.41, 5.74) is 0.782. The Bertz CT molecular complexity index is 730. The number of allylic oxidation sites excluding steroid dienone is 1. The quantitative estimate of drug-likeness (QED) is 0.687. The first-order valence-electron chi connectivity index (χ1n) is 5.67. The molecule has 0 bridgehead atoms. The highest BCUT2D eigenvalue weighted by atomic mass is 32.1. The fourth-order valence-electron chi connectivity index (χ4n) is 1.66. The molecule has 1 aromatic carbocycles. The highest BCUT2D eigenvalue weighted by Crippen LogP contribution is 2.16.